The average molecular weight is 763 g/mol. The van der Waals surface area contributed by atoms with Crippen molar-refractivity contribution in [1.29, 1.82) is 0 Å². The van der Waals surface area contributed by atoms with Crippen molar-refractivity contribution >= 4 is 59.1 Å². The van der Waals surface area contributed by atoms with Gasteiger partial charge in [-0.3, -0.25) is 23.4 Å². The van der Waals surface area contributed by atoms with E-state index in [0.717, 1.165) is 28.6 Å². The van der Waals surface area contributed by atoms with Gasteiger partial charge in [-0.05, 0) is 67.2 Å². The molecule has 0 bridgehead atoms. The molecule has 0 amide bonds. The number of unbranched alkanes of at least 4 members (excludes halogenated alkanes) is 1. The Labute approximate surface area is 303 Å². The molecular weight excluding hydrogens is 721 g/mol. The van der Waals surface area contributed by atoms with Gasteiger partial charge < -0.3 is 30.4 Å². The van der Waals surface area contributed by atoms with Crippen molar-refractivity contribution in [3.05, 3.63) is 82.0 Å². The molecule has 0 aliphatic carbocycles. The minimum Gasteiger partial charge on any atom is -0.490 e. The predicted octanol–water partition coefficient (Wildman–Crippen LogP) is 3.54. The minimum atomic E-state index is -3.87. The third-order valence-corrected chi connectivity index (χ3v) is 11.1. The molecule has 3 aromatic heterocycles. The summed E-state index contributed by atoms with van der Waals surface area (Å²) in [6.45, 7) is 0.543. The zero-order valence-electron chi connectivity index (χ0n) is 27.9. The van der Waals surface area contributed by atoms with Crippen LogP contribution in [0.2, 0.25) is 5.02 Å². The number of nitrogens with two attached hydrogens (primary N) is 1. The monoisotopic (exact) mass is 762 g/mol. The Morgan fingerprint density at radius 2 is 1.94 bits per heavy atom. The summed E-state index contributed by atoms with van der Waals surface area (Å²) in [5, 5.41) is 26.8. The van der Waals surface area contributed by atoms with Crippen molar-refractivity contribution in [3.63, 3.8) is 0 Å². The molecule has 5 atom stereocenters. The van der Waals surface area contributed by atoms with E-state index in [4.69, 9.17) is 35.9 Å². The summed E-state index contributed by atoms with van der Waals surface area (Å²) in [5.41, 5.74) is 7.72. The summed E-state index contributed by atoms with van der Waals surface area (Å²) < 4.78 is 40.5. The molecule has 6 rings (SSSR count). The molecule has 5 aromatic rings. The van der Waals surface area contributed by atoms with E-state index in [1.54, 1.807) is 40.6 Å². The van der Waals surface area contributed by atoms with Gasteiger partial charge in [-0.15, -0.1) is 0 Å². The molecule has 0 radical (unpaired) electrons. The Kier molecular flexibility index (Phi) is 12.4. The highest BCUT2D eigenvalue weighted by molar-refractivity contribution is 7.98. The Hall–Kier alpha value is -3.44. The summed E-state index contributed by atoms with van der Waals surface area (Å²) in [7, 11) is -3.87. The number of anilines is 1. The number of rotatable bonds is 18. The summed E-state index contributed by atoms with van der Waals surface area (Å²) in [5.74, 6) is 1.40. The van der Waals surface area contributed by atoms with Crippen molar-refractivity contribution in [2.75, 3.05) is 44.1 Å². The third kappa shape index (κ3) is 8.96. The van der Waals surface area contributed by atoms with Crippen molar-refractivity contribution in [1.82, 2.24) is 24.6 Å². The number of aliphatic hydroxyl groups is 2. The number of H-pyrrole nitrogens is 2. The molecule has 0 spiro atoms. The summed E-state index contributed by atoms with van der Waals surface area (Å²) in [6, 6.07) is 14.8. The lowest BCUT2D eigenvalue weighted by atomic mass is 10.1. The van der Waals surface area contributed by atoms with Gasteiger partial charge >= 0.3 is 13.4 Å². The number of para-hydroxylation sites is 1. The molecule has 7 N–H and O–H groups in total. The van der Waals surface area contributed by atoms with Crippen LogP contribution in [0.15, 0.2) is 65.8 Å². The standard InChI is InChI=1S/C33H41ClN7O8PS/c1-51-17-5-4-15-47-50(45,37-13-12-21-18-36-25-7-3-2-6-24(21)25)48-19-26-28(42)29(43)32(49-26)41-20-40(27-30(41)38-33(35)39-31(27)44)14-16-46-23-10-8-22(34)9-11-23/h2-3,6-11,18,20,26,28-29,32,36,42-43H,4-5,12-17,19H2,1H3,(H3-,35,37,38,39,44,45)/p+1/t26-,28-,29-,32-,50?/m1/s1. The SMILES string of the molecule is CSCCCCOP(=O)(NCCc1c[nH]c2ccccc12)OC[C@H]1O[C@@H]([n+]2cn(CCOc3ccc(Cl)cc3)c3c(=O)[nH]c(N)nc32)[C@H](O)[C@@H]1O. The van der Waals surface area contributed by atoms with E-state index in [1.165, 1.54) is 10.9 Å². The van der Waals surface area contributed by atoms with E-state index in [1.807, 2.05) is 36.7 Å². The molecule has 274 valence electrons. The normalized spacial score (nSPS) is 20.3. The van der Waals surface area contributed by atoms with E-state index in [2.05, 4.69) is 20.0 Å². The molecule has 4 heterocycles. The first kappa shape index (κ1) is 37.3. The number of thioether (sulfide) groups is 1. The highest BCUT2D eigenvalue weighted by Crippen LogP contribution is 2.45. The fourth-order valence-electron chi connectivity index (χ4n) is 5.92. The second-order valence-corrected chi connectivity index (χ2v) is 15.3. The quantitative estimate of drug-likeness (QED) is 0.0431. The van der Waals surface area contributed by atoms with E-state index < -0.39 is 37.8 Å². The number of aromatic nitrogens is 5. The van der Waals surface area contributed by atoms with Crippen LogP contribution in [0, 0.1) is 0 Å². The highest BCUT2D eigenvalue weighted by Gasteiger charge is 2.48. The van der Waals surface area contributed by atoms with Crippen LogP contribution in [0.4, 0.5) is 5.95 Å². The minimum absolute atomic E-state index is 0.124. The number of nitrogen functional groups attached to an aromatic ring is 1. The number of benzene rings is 2. The van der Waals surface area contributed by atoms with Gasteiger partial charge in [0.2, 0.25) is 11.7 Å². The number of hydrogen-bond donors (Lipinski definition) is 6. The summed E-state index contributed by atoms with van der Waals surface area (Å²) >= 11 is 7.68. The van der Waals surface area contributed by atoms with E-state index in [0.29, 0.717) is 30.2 Å². The van der Waals surface area contributed by atoms with Crippen molar-refractivity contribution in [2.24, 2.45) is 0 Å². The van der Waals surface area contributed by atoms with Gasteiger partial charge in [0.05, 0.1) is 13.2 Å². The number of nitrogens with zero attached hydrogens (tertiary/aromatic N) is 3. The molecule has 51 heavy (non-hydrogen) atoms. The van der Waals surface area contributed by atoms with Crippen molar-refractivity contribution < 1.29 is 37.9 Å². The Balaban J connectivity index is 1.14. The number of aliphatic hydroxyl groups excluding tert-OH is 2. The zero-order chi connectivity index (χ0) is 36.0. The van der Waals surface area contributed by atoms with E-state index >= 15 is 0 Å². The van der Waals surface area contributed by atoms with Crippen LogP contribution in [0.25, 0.3) is 22.1 Å². The van der Waals surface area contributed by atoms with Crippen molar-refractivity contribution in [2.45, 2.75) is 50.3 Å². The van der Waals surface area contributed by atoms with E-state index in [9.17, 15) is 19.6 Å². The molecule has 1 aliphatic heterocycles. The third-order valence-electron chi connectivity index (χ3n) is 8.50. The molecule has 1 saturated heterocycles. The smallest absolute Gasteiger partial charge is 0.405 e. The lowest BCUT2D eigenvalue weighted by Crippen LogP contribution is -2.46. The van der Waals surface area contributed by atoms with Gasteiger partial charge in [-0.25, -0.2) is 14.2 Å². The van der Waals surface area contributed by atoms with Crippen molar-refractivity contribution in [3.8, 4) is 5.75 Å². The Morgan fingerprint density at radius 3 is 2.75 bits per heavy atom. The number of imidazole rings is 1. The maximum absolute atomic E-state index is 13.9. The van der Waals surface area contributed by atoms with Gasteiger partial charge in [0.25, 0.3) is 11.5 Å². The summed E-state index contributed by atoms with van der Waals surface area (Å²) in [6.07, 6.45) is 2.41. The second-order valence-electron chi connectivity index (χ2n) is 12.0. The van der Waals surface area contributed by atoms with Gasteiger partial charge in [-0.2, -0.15) is 11.8 Å². The molecule has 0 saturated carbocycles. The lowest BCUT2D eigenvalue weighted by Gasteiger charge is -2.22. The number of hydrogen-bond acceptors (Lipinski definition) is 11. The molecule has 15 nitrogen and oxygen atoms in total. The number of ether oxygens (including phenoxy) is 2. The molecule has 18 heteroatoms. The van der Waals surface area contributed by atoms with Gasteiger partial charge in [-0.1, -0.05) is 34.8 Å². The first-order valence-corrected chi connectivity index (χ1v) is 19.8. The maximum atomic E-state index is 13.9. The van der Waals surface area contributed by atoms with Gasteiger partial charge in [0.15, 0.2) is 6.33 Å². The molecular formula is C33H42ClN7O8PS+. The largest absolute Gasteiger partial charge is 0.490 e. The molecule has 1 unspecified atom stereocenters. The second kappa shape index (κ2) is 16.9. The fraction of sp³-hybridized carbons (Fsp3) is 0.424. The zero-order valence-corrected chi connectivity index (χ0v) is 30.4. The number of nitrogens with one attached hydrogen (secondary N) is 3. The Morgan fingerprint density at radius 1 is 1.14 bits per heavy atom. The average Bonchev–Trinajstić information content (AvgIpc) is 3.78. The van der Waals surface area contributed by atoms with Crippen LogP contribution in [0.5, 0.6) is 5.75 Å². The number of aromatic amines is 2. The molecule has 2 aromatic carbocycles. The fourth-order valence-corrected chi connectivity index (χ4v) is 7.89. The first-order valence-electron chi connectivity index (χ1n) is 16.5. The predicted molar refractivity (Wildman–Crippen MR) is 195 cm³/mol. The first-order chi connectivity index (χ1) is 24.7. The van der Waals surface area contributed by atoms with Crippen LogP contribution < -0.4 is 25.7 Å². The lowest BCUT2D eigenvalue weighted by molar-refractivity contribution is -0.746. The highest BCUT2D eigenvalue weighted by atomic mass is 35.5. The van der Waals surface area contributed by atoms with Crippen LogP contribution >= 0.6 is 31.1 Å². The number of fused-ring (bicyclic) bond motifs is 2. The molecule has 1 fully saturated rings. The molecule has 1 aliphatic rings. The Bertz CT molecular complexity index is 2030. The van der Waals surface area contributed by atoms with Crippen LogP contribution in [-0.2, 0) is 31.3 Å². The topological polar surface area (TPSA) is 203 Å². The van der Waals surface area contributed by atoms with Crippen LogP contribution in [-0.4, -0.2) is 86.4 Å². The van der Waals surface area contributed by atoms with Gasteiger partial charge in [0.1, 0.15) is 37.2 Å². The van der Waals surface area contributed by atoms with E-state index in [-0.39, 0.29) is 43.5 Å². The van der Waals surface area contributed by atoms with Crippen LogP contribution in [0.3, 0.4) is 0 Å². The van der Waals surface area contributed by atoms with Gasteiger partial charge in [0, 0.05) is 28.7 Å². The van der Waals surface area contributed by atoms with Crippen LogP contribution in [0.1, 0.15) is 24.6 Å². The summed E-state index contributed by atoms with van der Waals surface area (Å²) in [4.78, 5) is 23.1. The number of halogens is 1. The maximum Gasteiger partial charge on any atom is 0.405 e.